The lowest BCUT2D eigenvalue weighted by Crippen LogP contribution is -2.28. The van der Waals surface area contributed by atoms with Gasteiger partial charge >= 0.3 is 0 Å². The summed E-state index contributed by atoms with van der Waals surface area (Å²) < 4.78 is 13.7. The minimum absolute atomic E-state index is 0.355. The fraction of sp³-hybridized carbons (Fsp3) is 0.0714. The number of anilines is 1. The van der Waals surface area contributed by atoms with Crippen molar-refractivity contribution >= 4 is 39.1 Å². The number of rotatable bonds is 4. The number of amides is 1. The largest absolute Gasteiger partial charge is 0.370 e. The average Bonchev–Trinajstić information content (AvgIpc) is 2.41. The predicted molar refractivity (Wildman–Crippen MR) is 81.1 cm³/mol. The number of carbonyl (C=O) groups is 1. The zero-order chi connectivity index (χ0) is 14.7. The van der Waals surface area contributed by atoms with Crippen molar-refractivity contribution in [2.45, 2.75) is 6.04 Å². The Labute approximate surface area is 129 Å². The van der Waals surface area contributed by atoms with Crippen LogP contribution in [0.5, 0.6) is 0 Å². The Morgan fingerprint density at radius 1 is 1.25 bits per heavy atom. The quantitative estimate of drug-likeness (QED) is 0.872. The molecule has 1 amide bonds. The van der Waals surface area contributed by atoms with Gasteiger partial charge in [-0.05, 0) is 42.5 Å². The lowest BCUT2D eigenvalue weighted by atomic mass is 10.1. The lowest BCUT2D eigenvalue weighted by Gasteiger charge is -2.18. The first kappa shape index (κ1) is 14.8. The molecule has 2 rings (SSSR count). The van der Waals surface area contributed by atoms with Gasteiger partial charge in [-0.25, -0.2) is 4.39 Å². The molecule has 0 heterocycles. The second-order valence-electron chi connectivity index (χ2n) is 4.15. The molecule has 0 aliphatic rings. The van der Waals surface area contributed by atoms with Gasteiger partial charge in [-0.3, -0.25) is 4.79 Å². The van der Waals surface area contributed by atoms with Gasteiger partial charge in [0.2, 0.25) is 5.91 Å². The Hall–Kier alpha value is -1.59. The maximum absolute atomic E-state index is 12.9. The standard InChI is InChI=1S/C14H11BrClFN2O/c15-8-1-6-12(16)11(7-8)13(14(18)20)19-10-4-2-9(17)3-5-10/h1-7,13,19H,(H2,18,20). The van der Waals surface area contributed by atoms with Crippen molar-refractivity contribution in [1.82, 2.24) is 0 Å². The van der Waals surface area contributed by atoms with Crippen molar-refractivity contribution in [2.24, 2.45) is 5.73 Å². The molecule has 0 saturated heterocycles. The summed E-state index contributed by atoms with van der Waals surface area (Å²) in [5, 5.41) is 3.37. The molecule has 3 nitrogen and oxygen atoms in total. The molecule has 6 heteroatoms. The van der Waals surface area contributed by atoms with E-state index in [4.69, 9.17) is 17.3 Å². The molecule has 2 aromatic rings. The third-order valence-electron chi connectivity index (χ3n) is 2.71. The van der Waals surface area contributed by atoms with Crippen LogP contribution in [0.15, 0.2) is 46.9 Å². The predicted octanol–water partition coefficient (Wildman–Crippen LogP) is 3.88. The second kappa shape index (κ2) is 6.24. The Balaban J connectivity index is 2.34. The molecule has 1 unspecified atom stereocenters. The van der Waals surface area contributed by atoms with E-state index in [0.717, 1.165) is 4.47 Å². The lowest BCUT2D eigenvalue weighted by molar-refractivity contribution is -0.118. The minimum atomic E-state index is -0.800. The van der Waals surface area contributed by atoms with E-state index >= 15 is 0 Å². The van der Waals surface area contributed by atoms with Crippen LogP contribution >= 0.6 is 27.5 Å². The zero-order valence-electron chi connectivity index (χ0n) is 10.2. The van der Waals surface area contributed by atoms with Gasteiger partial charge in [0, 0.05) is 20.7 Å². The van der Waals surface area contributed by atoms with Crippen molar-refractivity contribution in [3.05, 3.63) is 63.3 Å². The van der Waals surface area contributed by atoms with E-state index in [0.29, 0.717) is 16.3 Å². The molecule has 0 aromatic heterocycles. The molecular weight excluding hydrogens is 347 g/mol. The highest BCUT2D eigenvalue weighted by Crippen LogP contribution is 2.29. The fourth-order valence-corrected chi connectivity index (χ4v) is 2.36. The van der Waals surface area contributed by atoms with E-state index in [-0.39, 0.29) is 5.82 Å². The van der Waals surface area contributed by atoms with Crippen LogP contribution < -0.4 is 11.1 Å². The summed E-state index contributed by atoms with van der Waals surface area (Å²) >= 11 is 9.42. The fourth-order valence-electron chi connectivity index (χ4n) is 1.75. The first-order valence-corrected chi connectivity index (χ1v) is 6.91. The zero-order valence-corrected chi connectivity index (χ0v) is 12.6. The van der Waals surface area contributed by atoms with Crippen molar-refractivity contribution in [3.63, 3.8) is 0 Å². The van der Waals surface area contributed by atoms with Crippen LogP contribution in [-0.4, -0.2) is 5.91 Å². The van der Waals surface area contributed by atoms with Crippen LogP contribution in [0.4, 0.5) is 10.1 Å². The van der Waals surface area contributed by atoms with Gasteiger partial charge in [0.05, 0.1) is 0 Å². The molecule has 1 atom stereocenters. The van der Waals surface area contributed by atoms with E-state index in [1.165, 1.54) is 24.3 Å². The van der Waals surface area contributed by atoms with E-state index in [2.05, 4.69) is 21.2 Å². The monoisotopic (exact) mass is 356 g/mol. The third kappa shape index (κ3) is 3.49. The van der Waals surface area contributed by atoms with Crippen molar-refractivity contribution in [3.8, 4) is 0 Å². The van der Waals surface area contributed by atoms with Crippen LogP contribution in [0.1, 0.15) is 11.6 Å². The first-order valence-electron chi connectivity index (χ1n) is 5.74. The molecule has 104 valence electrons. The number of carbonyl (C=O) groups excluding carboxylic acids is 1. The topological polar surface area (TPSA) is 55.1 Å². The normalized spacial score (nSPS) is 11.9. The third-order valence-corrected chi connectivity index (χ3v) is 3.55. The van der Waals surface area contributed by atoms with E-state index in [1.807, 2.05) is 0 Å². The molecule has 0 spiro atoms. The minimum Gasteiger partial charge on any atom is -0.370 e. The molecule has 20 heavy (non-hydrogen) atoms. The molecule has 3 N–H and O–H groups in total. The summed E-state index contributed by atoms with van der Waals surface area (Å²) in [4.78, 5) is 11.6. The first-order chi connectivity index (χ1) is 9.47. The number of nitrogens with one attached hydrogen (secondary N) is 1. The van der Waals surface area contributed by atoms with E-state index in [9.17, 15) is 9.18 Å². The average molecular weight is 358 g/mol. The van der Waals surface area contributed by atoms with Crippen LogP contribution in [-0.2, 0) is 4.79 Å². The maximum atomic E-state index is 12.9. The van der Waals surface area contributed by atoms with Crippen LogP contribution in [0.25, 0.3) is 0 Å². The van der Waals surface area contributed by atoms with Crippen molar-refractivity contribution < 1.29 is 9.18 Å². The number of primary amides is 1. The molecule has 0 aliphatic heterocycles. The molecule has 2 aromatic carbocycles. The molecule has 0 saturated carbocycles. The highest BCUT2D eigenvalue weighted by Gasteiger charge is 2.20. The summed E-state index contributed by atoms with van der Waals surface area (Å²) in [5.41, 5.74) is 6.54. The summed E-state index contributed by atoms with van der Waals surface area (Å²) in [6.45, 7) is 0. The number of hydrogen-bond acceptors (Lipinski definition) is 2. The second-order valence-corrected chi connectivity index (χ2v) is 5.48. The SMILES string of the molecule is NC(=O)C(Nc1ccc(F)cc1)c1cc(Br)ccc1Cl. The smallest absolute Gasteiger partial charge is 0.244 e. The van der Waals surface area contributed by atoms with E-state index in [1.54, 1.807) is 18.2 Å². The number of hydrogen-bond donors (Lipinski definition) is 2. The molecule has 0 radical (unpaired) electrons. The number of nitrogens with two attached hydrogens (primary N) is 1. The van der Waals surface area contributed by atoms with Crippen LogP contribution in [0.3, 0.4) is 0 Å². The number of benzene rings is 2. The maximum Gasteiger partial charge on any atom is 0.244 e. The van der Waals surface area contributed by atoms with Gasteiger partial charge in [0.15, 0.2) is 0 Å². The molecule has 0 fully saturated rings. The van der Waals surface area contributed by atoms with E-state index < -0.39 is 11.9 Å². The Morgan fingerprint density at radius 3 is 2.50 bits per heavy atom. The van der Waals surface area contributed by atoms with Crippen molar-refractivity contribution in [1.29, 1.82) is 0 Å². The molecule has 0 aliphatic carbocycles. The summed E-state index contributed by atoms with van der Waals surface area (Å²) in [7, 11) is 0. The highest BCUT2D eigenvalue weighted by atomic mass is 79.9. The van der Waals surface area contributed by atoms with Gasteiger partial charge in [-0.2, -0.15) is 0 Å². The summed E-state index contributed by atoms with van der Waals surface area (Å²) in [6.07, 6.45) is 0. The van der Waals surface area contributed by atoms with Gasteiger partial charge in [0.1, 0.15) is 11.9 Å². The van der Waals surface area contributed by atoms with Crippen LogP contribution in [0, 0.1) is 5.82 Å². The molecular formula is C14H11BrClFN2O. The Morgan fingerprint density at radius 2 is 1.90 bits per heavy atom. The highest BCUT2D eigenvalue weighted by molar-refractivity contribution is 9.10. The van der Waals surface area contributed by atoms with Crippen LogP contribution in [0.2, 0.25) is 5.02 Å². The molecule has 0 bridgehead atoms. The Bertz CT molecular complexity index is 634. The summed E-state index contributed by atoms with van der Waals surface area (Å²) in [6, 6.07) is 9.99. The van der Waals surface area contributed by atoms with Gasteiger partial charge in [-0.1, -0.05) is 27.5 Å². The van der Waals surface area contributed by atoms with Crippen molar-refractivity contribution in [2.75, 3.05) is 5.32 Å². The van der Waals surface area contributed by atoms with Gasteiger partial charge in [0.25, 0.3) is 0 Å². The summed E-state index contributed by atoms with van der Waals surface area (Å²) in [5.74, 6) is -0.930. The van der Waals surface area contributed by atoms with Gasteiger partial charge < -0.3 is 11.1 Å². The van der Waals surface area contributed by atoms with Gasteiger partial charge in [-0.15, -0.1) is 0 Å². The number of halogens is 3. The Kier molecular flexibility index (Phi) is 4.62.